The molecule has 130 valence electrons. The van der Waals surface area contributed by atoms with E-state index in [0.29, 0.717) is 17.4 Å². The first kappa shape index (κ1) is 17.0. The Morgan fingerprint density at radius 2 is 1.80 bits per heavy atom. The molecule has 1 aliphatic rings. The van der Waals surface area contributed by atoms with Gasteiger partial charge in [0.2, 0.25) is 11.7 Å². The largest absolute Gasteiger partial charge is 0.419 e. The fourth-order valence-electron chi connectivity index (χ4n) is 2.08. The standard InChI is InChI=1S/C16H14ClN3O5/c1-16(2)23-14(21)11(15(22)24-16)8-18-10-5-3-9(4-6-10)13-19-12(7-17)25-20-13/h3-6,8,18H,7H2,1-2H3. The Balaban J connectivity index is 1.71. The second kappa shape index (κ2) is 6.56. The molecule has 0 unspecified atom stereocenters. The molecule has 0 aliphatic carbocycles. The molecule has 0 amide bonds. The average molecular weight is 364 g/mol. The van der Waals surface area contributed by atoms with Crippen molar-refractivity contribution in [3.8, 4) is 11.4 Å². The lowest BCUT2D eigenvalue weighted by Crippen LogP contribution is -2.42. The molecule has 1 aromatic heterocycles. The van der Waals surface area contributed by atoms with Crippen molar-refractivity contribution in [1.29, 1.82) is 0 Å². The van der Waals surface area contributed by atoms with Gasteiger partial charge >= 0.3 is 11.9 Å². The lowest BCUT2D eigenvalue weighted by molar-refractivity contribution is -0.222. The lowest BCUT2D eigenvalue weighted by atomic mass is 10.2. The first-order valence-corrected chi connectivity index (χ1v) is 7.84. The predicted octanol–water partition coefficient (Wildman–Crippen LogP) is 2.61. The van der Waals surface area contributed by atoms with Gasteiger partial charge in [-0.1, -0.05) is 5.16 Å². The van der Waals surface area contributed by atoms with Gasteiger partial charge < -0.3 is 19.3 Å². The highest BCUT2D eigenvalue weighted by atomic mass is 35.5. The third kappa shape index (κ3) is 3.80. The summed E-state index contributed by atoms with van der Waals surface area (Å²) >= 11 is 5.62. The number of halogens is 1. The Hall–Kier alpha value is -2.87. The van der Waals surface area contributed by atoms with Crippen LogP contribution < -0.4 is 5.32 Å². The molecule has 1 N–H and O–H groups in total. The number of alkyl halides is 1. The van der Waals surface area contributed by atoms with E-state index < -0.39 is 17.7 Å². The SMILES string of the molecule is CC1(C)OC(=O)C(=CNc2ccc(-c3noc(CCl)n3)cc2)C(=O)O1. The van der Waals surface area contributed by atoms with Crippen LogP contribution in [0.5, 0.6) is 0 Å². The van der Waals surface area contributed by atoms with Gasteiger partial charge in [0.25, 0.3) is 5.79 Å². The van der Waals surface area contributed by atoms with Gasteiger partial charge in [-0.25, -0.2) is 9.59 Å². The van der Waals surface area contributed by atoms with E-state index in [0.717, 1.165) is 5.56 Å². The summed E-state index contributed by atoms with van der Waals surface area (Å²) < 4.78 is 15.0. The zero-order valence-electron chi connectivity index (χ0n) is 13.4. The fraction of sp³-hybridized carbons (Fsp3) is 0.250. The minimum Gasteiger partial charge on any atom is -0.419 e. The summed E-state index contributed by atoms with van der Waals surface area (Å²) in [6.45, 7) is 2.97. The molecule has 1 aliphatic heterocycles. The van der Waals surface area contributed by atoms with Crippen LogP contribution >= 0.6 is 11.6 Å². The number of carbonyl (C=O) groups is 2. The smallest absolute Gasteiger partial charge is 0.350 e. The molecule has 1 fully saturated rings. The predicted molar refractivity (Wildman–Crippen MR) is 87.3 cm³/mol. The number of cyclic esters (lactones) is 2. The van der Waals surface area contributed by atoms with Crippen molar-refractivity contribution in [2.45, 2.75) is 25.5 Å². The van der Waals surface area contributed by atoms with Crippen LogP contribution in [0.15, 0.2) is 40.6 Å². The Morgan fingerprint density at radius 1 is 1.16 bits per heavy atom. The number of anilines is 1. The Morgan fingerprint density at radius 3 is 2.36 bits per heavy atom. The highest BCUT2D eigenvalue weighted by Gasteiger charge is 2.38. The molecular weight excluding hydrogens is 350 g/mol. The molecule has 2 heterocycles. The summed E-state index contributed by atoms with van der Waals surface area (Å²) in [6.07, 6.45) is 1.24. The third-order valence-corrected chi connectivity index (χ3v) is 3.45. The van der Waals surface area contributed by atoms with Crippen molar-refractivity contribution in [3.05, 3.63) is 41.9 Å². The minimum absolute atomic E-state index is 0.142. The molecule has 0 saturated carbocycles. The number of benzene rings is 1. The number of rotatable bonds is 4. The quantitative estimate of drug-likeness (QED) is 0.382. The monoisotopic (exact) mass is 363 g/mol. The second-order valence-electron chi connectivity index (χ2n) is 5.60. The molecule has 3 rings (SSSR count). The maximum atomic E-state index is 11.8. The number of hydrogen-bond acceptors (Lipinski definition) is 8. The summed E-state index contributed by atoms with van der Waals surface area (Å²) in [6, 6.07) is 6.97. The van der Waals surface area contributed by atoms with Gasteiger partial charge in [0.05, 0.1) is 0 Å². The van der Waals surface area contributed by atoms with Crippen molar-refractivity contribution in [3.63, 3.8) is 0 Å². The van der Waals surface area contributed by atoms with E-state index in [9.17, 15) is 9.59 Å². The second-order valence-corrected chi connectivity index (χ2v) is 5.87. The van der Waals surface area contributed by atoms with Gasteiger partial charge in [0.15, 0.2) is 5.57 Å². The van der Waals surface area contributed by atoms with E-state index in [4.69, 9.17) is 25.6 Å². The van der Waals surface area contributed by atoms with Crippen molar-refractivity contribution in [1.82, 2.24) is 10.1 Å². The average Bonchev–Trinajstić information content (AvgIpc) is 3.02. The summed E-state index contributed by atoms with van der Waals surface area (Å²) in [5, 5.41) is 6.66. The number of hydrogen-bond donors (Lipinski definition) is 1. The molecule has 8 nitrogen and oxygen atoms in total. The number of aromatic nitrogens is 2. The highest BCUT2D eigenvalue weighted by Crippen LogP contribution is 2.23. The first-order chi connectivity index (χ1) is 11.9. The van der Waals surface area contributed by atoms with Crippen LogP contribution in [-0.4, -0.2) is 27.9 Å². The third-order valence-electron chi connectivity index (χ3n) is 3.23. The van der Waals surface area contributed by atoms with E-state index in [1.165, 1.54) is 20.0 Å². The molecule has 9 heteroatoms. The molecule has 1 aromatic carbocycles. The van der Waals surface area contributed by atoms with Crippen LogP contribution in [-0.2, 0) is 24.9 Å². The summed E-state index contributed by atoms with van der Waals surface area (Å²) in [7, 11) is 0. The normalized spacial score (nSPS) is 16.2. The molecule has 0 spiro atoms. The molecule has 0 bridgehead atoms. The molecule has 0 radical (unpaired) electrons. The lowest BCUT2D eigenvalue weighted by Gasteiger charge is -2.29. The fourth-order valence-corrected chi connectivity index (χ4v) is 2.18. The first-order valence-electron chi connectivity index (χ1n) is 7.30. The van der Waals surface area contributed by atoms with Crippen LogP contribution in [0.25, 0.3) is 11.4 Å². The van der Waals surface area contributed by atoms with Gasteiger partial charge in [-0.3, -0.25) is 0 Å². The van der Waals surface area contributed by atoms with Crippen LogP contribution in [0.2, 0.25) is 0 Å². The zero-order valence-corrected chi connectivity index (χ0v) is 14.2. The van der Waals surface area contributed by atoms with E-state index in [1.807, 2.05) is 0 Å². The van der Waals surface area contributed by atoms with Crippen molar-refractivity contribution in [2.75, 3.05) is 5.32 Å². The minimum atomic E-state index is -1.26. The zero-order chi connectivity index (χ0) is 18.0. The van der Waals surface area contributed by atoms with E-state index in [1.54, 1.807) is 24.3 Å². The number of esters is 2. The summed E-state index contributed by atoms with van der Waals surface area (Å²) in [5.74, 6) is -1.86. The van der Waals surface area contributed by atoms with E-state index in [2.05, 4.69) is 15.5 Å². The number of nitrogens with one attached hydrogen (secondary N) is 1. The van der Waals surface area contributed by atoms with Crippen molar-refractivity contribution >= 4 is 29.2 Å². The Bertz CT molecular complexity index is 820. The highest BCUT2D eigenvalue weighted by molar-refractivity contribution is 6.16. The topological polar surface area (TPSA) is 104 Å². The van der Waals surface area contributed by atoms with Crippen LogP contribution in [0.3, 0.4) is 0 Å². The van der Waals surface area contributed by atoms with Gasteiger partial charge in [0.1, 0.15) is 5.88 Å². The van der Waals surface area contributed by atoms with Gasteiger partial charge in [-0.05, 0) is 24.3 Å². The molecule has 0 atom stereocenters. The Labute approximate surface area is 147 Å². The van der Waals surface area contributed by atoms with Crippen molar-refractivity contribution in [2.24, 2.45) is 0 Å². The number of carbonyl (C=O) groups excluding carboxylic acids is 2. The maximum absolute atomic E-state index is 11.8. The number of ether oxygens (including phenoxy) is 2. The van der Waals surface area contributed by atoms with Gasteiger partial charge in [-0.2, -0.15) is 4.98 Å². The maximum Gasteiger partial charge on any atom is 0.350 e. The molecule has 1 saturated heterocycles. The summed E-state index contributed by atoms with van der Waals surface area (Å²) in [5.41, 5.74) is 1.16. The number of nitrogens with zero attached hydrogens (tertiary/aromatic N) is 2. The van der Waals surface area contributed by atoms with Gasteiger partial charge in [0, 0.05) is 31.3 Å². The van der Waals surface area contributed by atoms with E-state index >= 15 is 0 Å². The van der Waals surface area contributed by atoms with Crippen LogP contribution in [0, 0.1) is 0 Å². The van der Waals surface area contributed by atoms with Crippen LogP contribution in [0.1, 0.15) is 19.7 Å². The van der Waals surface area contributed by atoms with E-state index in [-0.39, 0.29) is 11.5 Å². The molecular formula is C16H14ClN3O5. The summed E-state index contributed by atoms with van der Waals surface area (Å²) in [4.78, 5) is 27.8. The molecule has 25 heavy (non-hydrogen) atoms. The van der Waals surface area contributed by atoms with Crippen LogP contribution in [0.4, 0.5) is 5.69 Å². The Kier molecular flexibility index (Phi) is 4.45. The van der Waals surface area contributed by atoms with Gasteiger partial charge in [-0.15, -0.1) is 11.6 Å². The van der Waals surface area contributed by atoms with Crippen molar-refractivity contribution < 1.29 is 23.6 Å². The molecule has 2 aromatic rings.